The van der Waals surface area contributed by atoms with Gasteiger partial charge in [0.25, 0.3) is 5.78 Å². The molecule has 222 valence electrons. The Morgan fingerprint density at radius 1 is 1.12 bits per heavy atom. The zero-order valence-corrected chi connectivity index (χ0v) is 25.7. The molecule has 0 unspecified atom stereocenters. The number of hydrogen-bond acceptors (Lipinski definition) is 8. The molecule has 2 aliphatic heterocycles. The number of aliphatic hydroxyl groups is 1. The maximum Gasteiger partial charge on any atom is 0.301 e. The van der Waals surface area contributed by atoms with Gasteiger partial charge in [-0.1, -0.05) is 37.3 Å². The summed E-state index contributed by atoms with van der Waals surface area (Å²) in [5.41, 5.74) is 3.75. The molecule has 0 aliphatic carbocycles. The van der Waals surface area contributed by atoms with Crippen molar-refractivity contribution >= 4 is 44.1 Å². The average molecular weight is 599 g/mol. The van der Waals surface area contributed by atoms with Gasteiger partial charge in [-0.2, -0.15) is 0 Å². The van der Waals surface area contributed by atoms with Crippen molar-refractivity contribution in [3.05, 3.63) is 82.4 Å². The Labute approximate surface area is 254 Å². The van der Waals surface area contributed by atoms with Gasteiger partial charge in [-0.05, 0) is 85.3 Å². The molecular weight excluding hydrogens is 564 g/mol. The molecule has 1 fully saturated rings. The van der Waals surface area contributed by atoms with Crippen LogP contribution in [-0.2, 0) is 16.0 Å². The summed E-state index contributed by atoms with van der Waals surface area (Å²) >= 11 is 1.33. The van der Waals surface area contributed by atoms with E-state index in [9.17, 15) is 14.7 Å². The third-order valence-electron chi connectivity index (χ3n) is 7.81. The number of ketones is 1. The number of Topliss-reactive ketones (excluding diaryl/α,β-unsaturated/α-hetero) is 1. The number of ether oxygens (including phenoxy) is 3. The quantitative estimate of drug-likeness (QED) is 0.133. The van der Waals surface area contributed by atoms with Crippen LogP contribution in [0.25, 0.3) is 16.0 Å². The van der Waals surface area contributed by atoms with Crippen LogP contribution in [0.1, 0.15) is 55.5 Å². The minimum atomic E-state index is -0.941. The second-order valence-corrected chi connectivity index (χ2v) is 12.5. The number of rotatable bonds is 8. The minimum absolute atomic E-state index is 0.0112. The van der Waals surface area contributed by atoms with Crippen LogP contribution in [0.15, 0.2) is 60.2 Å². The van der Waals surface area contributed by atoms with Crippen molar-refractivity contribution in [2.45, 2.75) is 52.7 Å². The molecule has 0 radical (unpaired) electrons. The third kappa shape index (κ3) is 5.33. The summed E-state index contributed by atoms with van der Waals surface area (Å²) in [6.07, 6.45) is 1.59. The standard InChI is InChI=1S/C34H34N2O6S/c1-18(2)12-13-41-26-11-7-21(17-27(26)40-5)30-29(31(37)22-8-10-25-23(16-22)15-20(4)42-25)32(38)33(39)36(30)34-35-24-9-6-19(3)14-28(24)43-34/h6-11,14,16-18,20,30,37H,12-13,15H2,1-5H3/b31-29+/t20-,30+/m0/s1. The SMILES string of the molecule is COc1cc([C@@H]2/C(=C(\O)c3ccc4c(c3)C[C@H](C)O4)C(=O)C(=O)N2c2nc3ccc(C)cc3s2)ccc1OCCC(C)C. The predicted molar refractivity (Wildman–Crippen MR) is 167 cm³/mol. The first-order chi connectivity index (χ1) is 20.6. The average Bonchev–Trinajstić information content (AvgIpc) is 3.64. The Morgan fingerprint density at radius 2 is 1.93 bits per heavy atom. The molecule has 3 heterocycles. The molecule has 1 amide bonds. The van der Waals surface area contributed by atoms with Crippen molar-refractivity contribution < 1.29 is 28.9 Å². The number of carbonyl (C=O) groups excluding carboxylic acids is 2. The van der Waals surface area contributed by atoms with E-state index in [2.05, 4.69) is 13.8 Å². The molecule has 43 heavy (non-hydrogen) atoms. The molecule has 0 bridgehead atoms. The highest BCUT2D eigenvalue weighted by Crippen LogP contribution is 2.46. The van der Waals surface area contributed by atoms with Crippen LogP contribution in [0.4, 0.5) is 5.13 Å². The summed E-state index contributed by atoms with van der Waals surface area (Å²) in [7, 11) is 1.55. The fourth-order valence-corrected chi connectivity index (χ4v) is 6.66. The van der Waals surface area contributed by atoms with Crippen LogP contribution in [-0.4, -0.2) is 41.6 Å². The fourth-order valence-electron chi connectivity index (χ4n) is 5.57. The van der Waals surface area contributed by atoms with Gasteiger partial charge in [0.05, 0.1) is 35.5 Å². The van der Waals surface area contributed by atoms with E-state index in [1.807, 2.05) is 38.1 Å². The summed E-state index contributed by atoms with van der Waals surface area (Å²) < 4.78 is 18.4. The second kappa shape index (κ2) is 11.4. The number of carbonyl (C=O) groups is 2. The van der Waals surface area contributed by atoms with Crippen molar-refractivity contribution in [2.75, 3.05) is 18.6 Å². The molecule has 8 nitrogen and oxygen atoms in total. The van der Waals surface area contributed by atoms with Crippen molar-refractivity contribution in [3.8, 4) is 17.2 Å². The van der Waals surface area contributed by atoms with Crippen LogP contribution >= 0.6 is 11.3 Å². The molecule has 0 spiro atoms. The minimum Gasteiger partial charge on any atom is -0.507 e. The largest absolute Gasteiger partial charge is 0.507 e. The third-order valence-corrected chi connectivity index (χ3v) is 8.83. The summed E-state index contributed by atoms with van der Waals surface area (Å²) in [5, 5.41) is 12.1. The highest BCUT2D eigenvalue weighted by molar-refractivity contribution is 7.22. The first kappa shape index (κ1) is 28.7. The van der Waals surface area contributed by atoms with E-state index in [1.165, 1.54) is 16.2 Å². The van der Waals surface area contributed by atoms with Crippen molar-refractivity contribution in [2.24, 2.45) is 5.92 Å². The number of aromatic nitrogens is 1. The van der Waals surface area contributed by atoms with Crippen LogP contribution < -0.4 is 19.1 Å². The van der Waals surface area contributed by atoms with E-state index in [4.69, 9.17) is 19.2 Å². The number of thiazole rings is 1. The molecule has 1 aromatic heterocycles. The van der Waals surface area contributed by atoms with Gasteiger partial charge in [-0.25, -0.2) is 4.98 Å². The number of hydrogen-bond donors (Lipinski definition) is 1. The summed E-state index contributed by atoms with van der Waals surface area (Å²) in [6.45, 7) is 8.76. The maximum atomic E-state index is 13.8. The number of aryl methyl sites for hydroxylation is 1. The molecule has 1 N–H and O–H groups in total. The lowest BCUT2D eigenvalue weighted by atomic mass is 9.94. The van der Waals surface area contributed by atoms with Crippen LogP contribution in [0.3, 0.4) is 0 Å². The van der Waals surface area contributed by atoms with Gasteiger partial charge in [0, 0.05) is 12.0 Å². The number of fused-ring (bicyclic) bond motifs is 2. The first-order valence-electron chi connectivity index (χ1n) is 14.4. The van der Waals surface area contributed by atoms with E-state index in [0.29, 0.717) is 46.7 Å². The number of aliphatic hydroxyl groups excluding tert-OH is 1. The number of nitrogens with zero attached hydrogens (tertiary/aromatic N) is 2. The highest BCUT2D eigenvalue weighted by Gasteiger charge is 2.48. The number of anilines is 1. The summed E-state index contributed by atoms with van der Waals surface area (Å²) in [6, 6.07) is 15.6. The fraction of sp³-hybridized carbons (Fsp3) is 0.324. The van der Waals surface area contributed by atoms with E-state index in [-0.39, 0.29) is 17.4 Å². The lowest BCUT2D eigenvalue weighted by Crippen LogP contribution is -2.29. The normalized spacial score (nSPS) is 19.3. The van der Waals surface area contributed by atoms with Crippen LogP contribution in [0.5, 0.6) is 17.2 Å². The van der Waals surface area contributed by atoms with Gasteiger partial charge in [-0.15, -0.1) is 0 Å². The smallest absolute Gasteiger partial charge is 0.301 e. The highest BCUT2D eigenvalue weighted by atomic mass is 32.1. The lowest BCUT2D eigenvalue weighted by molar-refractivity contribution is -0.132. The van der Waals surface area contributed by atoms with Crippen LogP contribution in [0.2, 0.25) is 0 Å². The molecule has 6 rings (SSSR count). The molecular formula is C34H34N2O6S. The Morgan fingerprint density at radius 3 is 2.70 bits per heavy atom. The van der Waals surface area contributed by atoms with Crippen molar-refractivity contribution in [1.82, 2.24) is 4.98 Å². The van der Waals surface area contributed by atoms with Gasteiger partial charge in [-0.3, -0.25) is 14.5 Å². The number of amides is 1. The second-order valence-electron chi connectivity index (χ2n) is 11.5. The lowest BCUT2D eigenvalue weighted by Gasteiger charge is -2.24. The molecule has 3 aromatic carbocycles. The van der Waals surface area contributed by atoms with Gasteiger partial charge < -0.3 is 19.3 Å². The van der Waals surface area contributed by atoms with Gasteiger partial charge >= 0.3 is 5.91 Å². The number of benzene rings is 3. The van der Waals surface area contributed by atoms with Gasteiger partial charge in [0.2, 0.25) is 0 Å². The van der Waals surface area contributed by atoms with Crippen LogP contribution in [0, 0.1) is 12.8 Å². The van der Waals surface area contributed by atoms with E-state index in [1.54, 1.807) is 37.4 Å². The summed E-state index contributed by atoms with van der Waals surface area (Å²) in [5.74, 6) is 0.486. The maximum absolute atomic E-state index is 13.8. The monoisotopic (exact) mass is 598 g/mol. The Kier molecular flexibility index (Phi) is 7.60. The summed E-state index contributed by atoms with van der Waals surface area (Å²) in [4.78, 5) is 33.6. The molecule has 9 heteroatoms. The Bertz CT molecular complexity index is 1770. The van der Waals surface area contributed by atoms with Crippen molar-refractivity contribution in [1.29, 1.82) is 0 Å². The number of methoxy groups -OCH3 is 1. The van der Waals surface area contributed by atoms with E-state index < -0.39 is 17.7 Å². The predicted octanol–water partition coefficient (Wildman–Crippen LogP) is 6.99. The van der Waals surface area contributed by atoms with Gasteiger partial charge in [0.15, 0.2) is 16.6 Å². The van der Waals surface area contributed by atoms with Gasteiger partial charge in [0.1, 0.15) is 17.6 Å². The van der Waals surface area contributed by atoms with Crippen molar-refractivity contribution in [3.63, 3.8) is 0 Å². The first-order valence-corrected chi connectivity index (χ1v) is 15.2. The Balaban J connectivity index is 1.49. The zero-order valence-electron chi connectivity index (χ0n) is 24.8. The Hall–Kier alpha value is -4.37. The topological polar surface area (TPSA) is 98.2 Å². The molecule has 2 aliphatic rings. The molecule has 1 saturated heterocycles. The zero-order chi connectivity index (χ0) is 30.4. The molecule has 4 aromatic rings. The van der Waals surface area contributed by atoms with E-state index in [0.717, 1.165) is 33.5 Å². The molecule has 2 atom stereocenters. The molecule has 0 saturated carbocycles. The van der Waals surface area contributed by atoms with E-state index >= 15 is 0 Å².